The Morgan fingerprint density at radius 2 is 2.08 bits per heavy atom. The molecule has 0 fully saturated rings. The Labute approximate surface area is 145 Å². The van der Waals surface area contributed by atoms with E-state index in [0.717, 1.165) is 6.07 Å². The van der Waals surface area contributed by atoms with Gasteiger partial charge in [-0.05, 0) is 38.8 Å². The normalized spacial score (nSPS) is 13.4. The number of nitrogens with one attached hydrogen (secondary N) is 1. The summed E-state index contributed by atoms with van der Waals surface area (Å²) in [7, 11) is 0. The molecule has 0 aromatic heterocycles. The van der Waals surface area contributed by atoms with Gasteiger partial charge in [-0.25, -0.2) is 4.79 Å². The highest BCUT2D eigenvalue weighted by Gasteiger charge is 2.23. The van der Waals surface area contributed by atoms with E-state index in [4.69, 9.17) is 10.00 Å². The van der Waals surface area contributed by atoms with Crippen molar-refractivity contribution in [2.24, 2.45) is 0 Å². The first kappa shape index (κ1) is 20.3. The fraction of sp³-hybridized carbons (Fsp3) is 0.500. The third kappa shape index (κ3) is 6.37. The molecule has 0 bridgehead atoms. The Kier molecular flexibility index (Phi) is 6.85. The summed E-state index contributed by atoms with van der Waals surface area (Å²) in [6.07, 6.45) is -3.30. The van der Waals surface area contributed by atoms with Crippen LogP contribution in [0.2, 0.25) is 0 Å². The smallest absolute Gasteiger partial charge is 0.407 e. The van der Waals surface area contributed by atoms with Crippen LogP contribution in [0.3, 0.4) is 0 Å². The molecular formula is C16H21N3O6. The predicted octanol–water partition coefficient (Wildman–Crippen LogP) is 1.78. The van der Waals surface area contributed by atoms with Crippen LogP contribution in [0, 0.1) is 21.4 Å². The van der Waals surface area contributed by atoms with E-state index in [0.29, 0.717) is 0 Å². The number of nitriles is 1. The number of rotatable bonds is 6. The van der Waals surface area contributed by atoms with Crippen molar-refractivity contribution in [3.8, 4) is 6.07 Å². The lowest BCUT2D eigenvalue weighted by atomic mass is 10.00. The summed E-state index contributed by atoms with van der Waals surface area (Å²) in [6, 6.07) is 5.28. The van der Waals surface area contributed by atoms with Crippen LogP contribution in [0.4, 0.5) is 10.5 Å². The number of nitro groups is 1. The van der Waals surface area contributed by atoms with E-state index in [9.17, 15) is 25.1 Å². The van der Waals surface area contributed by atoms with E-state index in [1.807, 2.05) is 0 Å². The first-order chi connectivity index (χ1) is 11.5. The van der Waals surface area contributed by atoms with E-state index in [2.05, 4.69) is 5.32 Å². The van der Waals surface area contributed by atoms with Gasteiger partial charge in [0.25, 0.3) is 5.69 Å². The lowest BCUT2D eigenvalue weighted by Crippen LogP contribution is -2.34. The number of amides is 1. The van der Waals surface area contributed by atoms with Crippen LogP contribution >= 0.6 is 0 Å². The maximum Gasteiger partial charge on any atom is 0.407 e. The molecule has 1 aromatic carbocycles. The standard InChI is InChI=1S/C16H21N3O6/c1-16(2,3)25-15(22)18-7-6-13(20)14(21)10-4-5-11(9-17)12(8-10)19(23)24/h4-5,8,13-14,20-21H,6-7H2,1-3H3,(H,18,22). The molecule has 0 aliphatic heterocycles. The Hall–Kier alpha value is -2.70. The summed E-state index contributed by atoms with van der Waals surface area (Å²) in [6.45, 7) is 5.18. The van der Waals surface area contributed by atoms with Crippen molar-refractivity contribution in [2.75, 3.05) is 6.54 Å². The minimum Gasteiger partial charge on any atom is -0.444 e. The number of carbonyl (C=O) groups excluding carboxylic acids is 1. The largest absolute Gasteiger partial charge is 0.444 e. The van der Waals surface area contributed by atoms with Crippen molar-refractivity contribution in [1.29, 1.82) is 5.26 Å². The second-order valence-electron chi connectivity index (χ2n) is 6.38. The highest BCUT2D eigenvalue weighted by molar-refractivity contribution is 5.67. The SMILES string of the molecule is CC(C)(C)OC(=O)NCCC(O)C(O)c1ccc(C#N)c([N+](=O)[O-])c1. The van der Waals surface area contributed by atoms with Gasteiger partial charge in [0.1, 0.15) is 23.3 Å². The number of hydrogen-bond donors (Lipinski definition) is 3. The highest BCUT2D eigenvalue weighted by Crippen LogP contribution is 2.26. The fourth-order valence-electron chi connectivity index (χ4n) is 1.99. The van der Waals surface area contributed by atoms with E-state index < -0.39 is 34.5 Å². The van der Waals surface area contributed by atoms with Gasteiger partial charge in [0.05, 0.1) is 11.0 Å². The van der Waals surface area contributed by atoms with Crippen LogP contribution in [0.1, 0.15) is 44.4 Å². The molecule has 2 unspecified atom stereocenters. The summed E-state index contributed by atoms with van der Waals surface area (Å²) in [5.74, 6) is 0. The number of ether oxygens (including phenoxy) is 1. The summed E-state index contributed by atoms with van der Waals surface area (Å²) >= 11 is 0. The van der Waals surface area contributed by atoms with Gasteiger partial charge in [-0.15, -0.1) is 0 Å². The van der Waals surface area contributed by atoms with Crippen LogP contribution < -0.4 is 5.32 Å². The van der Waals surface area contributed by atoms with Gasteiger partial charge in [-0.1, -0.05) is 6.07 Å². The average Bonchev–Trinajstić information content (AvgIpc) is 2.51. The molecule has 0 radical (unpaired) electrons. The zero-order chi connectivity index (χ0) is 19.2. The van der Waals surface area contributed by atoms with Crippen LogP contribution in [-0.2, 0) is 4.74 Å². The van der Waals surface area contributed by atoms with Crippen molar-refractivity contribution in [3.05, 3.63) is 39.4 Å². The number of alkyl carbamates (subject to hydrolysis) is 1. The third-order valence-electron chi connectivity index (χ3n) is 3.15. The van der Waals surface area contributed by atoms with Crippen molar-refractivity contribution in [3.63, 3.8) is 0 Å². The topological polar surface area (TPSA) is 146 Å². The van der Waals surface area contributed by atoms with Crippen LogP contribution in [-0.4, -0.2) is 39.5 Å². The summed E-state index contributed by atoms with van der Waals surface area (Å²) in [4.78, 5) is 21.7. The monoisotopic (exact) mass is 351 g/mol. The van der Waals surface area contributed by atoms with Crippen LogP contribution in [0.5, 0.6) is 0 Å². The van der Waals surface area contributed by atoms with Gasteiger partial charge in [-0.3, -0.25) is 10.1 Å². The molecular weight excluding hydrogens is 330 g/mol. The number of hydrogen-bond acceptors (Lipinski definition) is 7. The van der Waals surface area contributed by atoms with Crippen molar-refractivity contribution < 1.29 is 24.7 Å². The molecule has 25 heavy (non-hydrogen) atoms. The fourth-order valence-corrected chi connectivity index (χ4v) is 1.99. The first-order valence-electron chi connectivity index (χ1n) is 7.56. The summed E-state index contributed by atoms with van der Waals surface area (Å²) in [5.41, 5.74) is -1.13. The average molecular weight is 351 g/mol. The number of nitro benzene ring substituents is 1. The molecule has 0 spiro atoms. The highest BCUT2D eigenvalue weighted by atomic mass is 16.6. The minimum atomic E-state index is -1.40. The van der Waals surface area contributed by atoms with E-state index in [1.165, 1.54) is 12.1 Å². The number of nitrogens with zero attached hydrogens (tertiary/aromatic N) is 2. The zero-order valence-electron chi connectivity index (χ0n) is 14.2. The molecule has 1 rings (SSSR count). The summed E-state index contributed by atoms with van der Waals surface area (Å²) < 4.78 is 5.03. The van der Waals surface area contributed by atoms with Gasteiger partial charge in [0.15, 0.2) is 0 Å². The van der Waals surface area contributed by atoms with Gasteiger partial charge in [-0.2, -0.15) is 5.26 Å². The molecule has 0 saturated carbocycles. The van der Waals surface area contributed by atoms with Crippen molar-refractivity contribution in [2.45, 2.75) is 45.0 Å². The second-order valence-corrected chi connectivity index (χ2v) is 6.38. The maximum atomic E-state index is 11.5. The molecule has 1 amide bonds. The molecule has 0 aliphatic rings. The Morgan fingerprint density at radius 3 is 2.60 bits per heavy atom. The van der Waals surface area contributed by atoms with Crippen molar-refractivity contribution in [1.82, 2.24) is 5.32 Å². The lowest BCUT2D eigenvalue weighted by molar-refractivity contribution is -0.385. The molecule has 9 heteroatoms. The van der Waals surface area contributed by atoms with Gasteiger partial charge < -0.3 is 20.3 Å². The molecule has 3 N–H and O–H groups in total. The zero-order valence-corrected chi connectivity index (χ0v) is 14.2. The number of carbonyl (C=O) groups is 1. The van der Waals surface area contributed by atoms with E-state index in [-0.39, 0.29) is 24.1 Å². The molecule has 0 aliphatic carbocycles. The molecule has 0 saturated heterocycles. The number of aliphatic hydroxyl groups is 2. The van der Waals surface area contributed by atoms with E-state index >= 15 is 0 Å². The Bertz CT molecular complexity index is 677. The lowest BCUT2D eigenvalue weighted by Gasteiger charge is -2.21. The first-order valence-corrected chi connectivity index (χ1v) is 7.56. The molecule has 2 atom stereocenters. The van der Waals surface area contributed by atoms with Crippen LogP contribution in [0.25, 0.3) is 0 Å². The third-order valence-corrected chi connectivity index (χ3v) is 3.15. The Morgan fingerprint density at radius 1 is 1.44 bits per heavy atom. The van der Waals surface area contributed by atoms with Gasteiger partial charge in [0, 0.05) is 12.6 Å². The van der Waals surface area contributed by atoms with Gasteiger partial charge >= 0.3 is 6.09 Å². The quantitative estimate of drug-likeness (QED) is 0.523. The minimum absolute atomic E-state index is 0.00814. The van der Waals surface area contributed by atoms with Crippen molar-refractivity contribution >= 4 is 11.8 Å². The van der Waals surface area contributed by atoms with Gasteiger partial charge in [0.2, 0.25) is 0 Å². The number of aliphatic hydroxyl groups excluding tert-OH is 2. The second kappa shape index (κ2) is 8.41. The Balaban J connectivity index is 2.66. The van der Waals surface area contributed by atoms with Crippen LogP contribution in [0.15, 0.2) is 18.2 Å². The maximum absolute atomic E-state index is 11.5. The summed E-state index contributed by atoms with van der Waals surface area (Å²) in [5, 5.41) is 42.3. The number of benzene rings is 1. The molecule has 1 aromatic rings. The molecule has 136 valence electrons. The van der Waals surface area contributed by atoms with E-state index in [1.54, 1.807) is 26.8 Å². The molecule has 0 heterocycles. The molecule has 9 nitrogen and oxygen atoms in total. The predicted molar refractivity (Wildman–Crippen MR) is 87.6 cm³/mol.